The van der Waals surface area contributed by atoms with Crippen LogP contribution < -0.4 is 9.47 Å². The summed E-state index contributed by atoms with van der Waals surface area (Å²) in [5.41, 5.74) is 2.25. The summed E-state index contributed by atoms with van der Waals surface area (Å²) in [5.74, 6) is 3.46. The summed E-state index contributed by atoms with van der Waals surface area (Å²) >= 11 is 0. The van der Waals surface area contributed by atoms with Crippen molar-refractivity contribution in [3.63, 3.8) is 0 Å². The van der Waals surface area contributed by atoms with E-state index in [1.54, 1.807) is 14.2 Å². The third-order valence-corrected chi connectivity index (χ3v) is 6.12. The number of methoxy groups -OCH3 is 2. The van der Waals surface area contributed by atoms with Crippen molar-refractivity contribution in [3.8, 4) is 11.5 Å². The third kappa shape index (κ3) is 1.39. The van der Waals surface area contributed by atoms with Gasteiger partial charge < -0.3 is 19.1 Å². The Bertz CT molecular complexity index is 812. The van der Waals surface area contributed by atoms with E-state index in [2.05, 4.69) is 12.1 Å². The van der Waals surface area contributed by atoms with E-state index in [4.69, 9.17) is 14.2 Å². The second kappa shape index (κ2) is 4.56. The molecular formula is C19H19NO4. The average Bonchev–Trinajstić information content (AvgIpc) is 2.96. The summed E-state index contributed by atoms with van der Waals surface area (Å²) in [5, 5.41) is 0. The smallest absolute Gasteiger partial charge is 0.209 e. The monoisotopic (exact) mass is 325 g/mol. The molecule has 1 fully saturated rings. The number of benzene rings is 1. The van der Waals surface area contributed by atoms with Gasteiger partial charge in [0.2, 0.25) is 6.41 Å². The number of nitrogens with zero attached hydrogens (tertiary/aromatic N) is 1. The highest BCUT2D eigenvalue weighted by molar-refractivity contribution is 5.67. The summed E-state index contributed by atoms with van der Waals surface area (Å²) in [4.78, 5) is 13.5. The van der Waals surface area contributed by atoms with Gasteiger partial charge in [0.25, 0.3) is 0 Å². The van der Waals surface area contributed by atoms with Crippen LogP contribution in [-0.2, 0) is 21.4 Å². The van der Waals surface area contributed by atoms with Gasteiger partial charge >= 0.3 is 0 Å². The molecule has 1 spiro atoms. The molecule has 0 radical (unpaired) electrons. The predicted molar refractivity (Wildman–Crippen MR) is 86.8 cm³/mol. The van der Waals surface area contributed by atoms with Gasteiger partial charge in [0.1, 0.15) is 0 Å². The van der Waals surface area contributed by atoms with E-state index in [0.717, 1.165) is 48.8 Å². The fraction of sp³-hybridized carbons (Fsp3) is 0.421. The Balaban J connectivity index is 1.83. The van der Waals surface area contributed by atoms with Crippen molar-refractivity contribution in [3.05, 3.63) is 46.9 Å². The van der Waals surface area contributed by atoms with Crippen LogP contribution in [-0.4, -0.2) is 38.1 Å². The van der Waals surface area contributed by atoms with E-state index in [9.17, 15) is 4.79 Å². The van der Waals surface area contributed by atoms with Crippen molar-refractivity contribution in [2.24, 2.45) is 5.92 Å². The van der Waals surface area contributed by atoms with Crippen LogP contribution in [0.4, 0.5) is 0 Å². The van der Waals surface area contributed by atoms with Crippen molar-refractivity contribution in [2.45, 2.75) is 24.3 Å². The highest BCUT2D eigenvalue weighted by Crippen LogP contribution is 2.63. The molecular weight excluding hydrogens is 306 g/mol. The normalized spacial score (nSPS) is 31.5. The number of carbonyl (C=O) groups is 1. The molecule has 0 aromatic heterocycles. The van der Waals surface area contributed by atoms with E-state index < -0.39 is 0 Å². The fourth-order valence-corrected chi connectivity index (χ4v) is 5.15. The van der Waals surface area contributed by atoms with E-state index in [1.807, 2.05) is 17.0 Å². The summed E-state index contributed by atoms with van der Waals surface area (Å²) in [6.45, 7) is 0.735. The molecule has 5 heteroatoms. The molecule has 0 saturated carbocycles. The number of hydrogen-bond acceptors (Lipinski definition) is 4. The number of amides is 1. The molecule has 2 aliphatic carbocycles. The Hall–Kier alpha value is -2.43. The molecule has 2 bridgehead atoms. The lowest BCUT2D eigenvalue weighted by molar-refractivity contribution is -0.124. The van der Waals surface area contributed by atoms with E-state index in [1.165, 1.54) is 11.1 Å². The maximum atomic E-state index is 11.6. The number of likely N-dealkylation sites (tertiary alicyclic amines) is 1. The molecule has 1 aromatic rings. The van der Waals surface area contributed by atoms with Crippen LogP contribution in [0.1, 0.15) is 17.5 Å². The van der Waals surface area contributed by atoms with Gasteiger partial charge in [-0.15, -0.1) is 0 Å². The second-order valence-electron chi connectivity index (χ2n) is 6.85. The number of hydrogen-bond donors (Lipinski definition) is 0. The first-order valence-electron chi connectivity index (χ1n) is 8.30. The average molecular weight is 325 g/mol. The third-order valence-electron chi connectivity index (χ3n) is 6.12. The lowest BCUT2D eigenvalue weighted by Crippen LogP contribution is -2.59. The van der Waals surface area contributed by atoms with Crippen molar-refractivity contribution in [1.82, 2.24) is 4.90 Å². The number of allylic oxidation sites excluding steroid dienone is 2. The first-order valence-corrected chi connectivity index (χ1v) is 8.30. The van der Waals surface area contributed by atoms with Gasteiger partial charge in [0, 0.05) is 24.1 Å². The second-order valence-corrected chi connectivity index (χ2v) is 6.85. The lowest BCUT2D eigenvalue weighted by Gasteiger charge is -2.53. The van der Waals surface area contributed by atoms with Crippen molar-refractivity contribution in [1.29, 1.82) is 0 Å². The molecule has 0 N–H and O–H groups in total. The number of carbonyl (C=O) groups excluding carboxylic acids is 1. The van der Waals surface area contributed by atoms with Crippen molar-refractivity contribution >= 4 is 6.41 Å². The highest BCUT2D eigenvalue weighted by Gasteiger charge is 2.62. The van der Waals surface area contributed by atoms with Crippen LogP contribution >= 0.6 is 0 Å². The highest BCUT2D eigenvalue weighted by atomic mass is 16.5. The van der Waals surface area contributed by atoms with Gasteiger partial charge in [-0.05, 0) is 30.5 Å². The molecule has 2 heterocycles. The standard InChI is InChI=1S/C19H19NO4/c1-22-14-5-3-11-9-13-12-4-6-15(23-2)18-19(12,7-8-20(13)10-21)16(11)17(14)24-18/h3-6,10,12-13H,7-9H2,1-2H3. The SMILES string of the molecule is COC1=C2Oc3c(OC)ccc4c3C23CCN(C=O)C(C4)C3C=C1. The van der Waals surface area contributed by atoms with Crippen LogP contribution in [0.3, 0.4) is 0 Å². The number of piperidine rings is 1. The van der Waals surface area contributed by atoms with Crippen LogP contribution in [0.15, 0.2) is 35.8 Å². The number of ether oxygens (including phenoxy) is 3. The molecule has 124 valence electrons. The molecule has 24 heavy (non-hydrogen) atoms. The summed E-state index contributed by atoms with van der Waals surface area (Å²) in [6, 6.07) is 4.24. The van der Waals surface area contributed by atoms with Crippen LogP contribution in [0.25, 0.3) is 0 Å². The predicted octanol–water partition coefficient (Wildman–Crippen LogP) is 2.16. The largest absolute Gasteiger partial charge is 0.493 e. The van der Waals surface area contributed by atoms with Gasteiger partial charge in [-0.25, -0.2) is 0 Å². The molecule has 1 saturated heterocycles. The Labute approximate surface area is 140 Å². The molecule has 3 atom stereocenters. The van der Waals surface area contributed by atoms with Gasteiger partial charge in [-0.2, -0.15) is 0 Å². The van der Waals surface area contributed by atoms with Crippen LogP contribution in [0.2, 0.25) is 0 Å². The Morgan fingerprint density at radius 1 is 1.33 bits per heavy atom. The Kier molecular flexibility index (Phi) is 2.65. The molecule has 1 aromatic carbocycles. The number of rotatable bonds is 3. The van der Waals surface area contributed by atoms with Gasteiger partial charge in [-0.3, -0.25) is 4.79 Å². The fourth-order valence-electron chi connectivity index (χ4n) is 5.15. The summed E-state index contributed by atoms with van der Waals surface area (Å²) < 4.78 is 17.5. The molecule has 1 amide bonds. The van der Waals surface area contributed by atoms with Gasteiger partial charge in [-0.1, -0.05) is 12.1 Å². The minimum absolute atomic E-state index is 0.163. The Morgan fingerprint density at radius 3 is 2.96 bits per heavy atom. The summed E-state index contributed by atoms with van der Waals surface area (Å²) in [7, 11) is 3.35. The first-order chi connectivity index (χ1) is 11.7. The van der Waals surface area contributed by atoms with Gasteiger partial charge in [0.15, 0.2) is 23.0 Å². The zero-order valence-electron chi connectivity index (χ0n) is 13.7. The Morgan fingerprint density at radius 2 is 2.21 bits per heavy atom. The zero-order valence-corrected chi connectivity index (χ0v) is 13.7. The molecule has 5 nitrogen and oxygen atoms in total. The van der Waals surface area contributed by atoms with Gasteiger partial charge in [0.05, 0.1) is 19.6 Å². The van der Waals surface area contributed by atoms with Crippen LogP contribution in [0, 0.1) is 5.92 Å². The lowest BCUT2D eigenvalue weighted by atomic mass is 9.55. The minimum atomic E-state index is -0.234. The first kappa shape index (κ1) is 14.0. The minimum Gasteiger partial charge on any atom is -0.493 e. The molecule has 4 aliphatic rings. The maximum Gasteiger partial charge on any atom is 0.209 e. The van der Waals surface area contributed by atoms with Crippen molar-refractivity contribution in [2.75, 3.05) is 20.8 Å². The van der Waals surface area contributed by atoms with Crippen LogP contribution in [0.5, 0.6) is 11.5 Å². The molecule has 5 rings (SSSR count). The topological polar surface area (TPSA) is 48.0 Å². The molecule has 2 aliphatic heterocycles. The molecule has 3 unspecified atom stereocenters. The quantitative estimate of drug-likeness (QED) is 0.799. The van der Waals surface area contributed by atoms with E-state index >= 15 is 0 Å². The van der Waals surface area contributed by atoms with E-state index in [0.29, 0.717) is 0 Å². The van der Waals surface area contributed by atoms with Crippen molar-refractivity contribution < 1.29 is 19.0 Å². The van der Waals surface area contributed by atoms with E-state index in [-0.39, 0.29) is 17.4 Å². The maximum absolute atomic E-state index is 11.6. The summed E-state index contributed by atoms with van der Waals surface area (Å²) in [6.07, 6.45) is 6.87. The zero-order chi connectivity index (χ0) is 16.5.